The third-order valence-electron chi connectivity index (χ3n) is 6.44. The molecule has 0 spiro atoms. The van der Waals surface area contributed by atoms with Crippen LogP contribution in [0.2, 0.25) is 0 Å². The number of aromatic nitrogens is 5. The van der Waals surface area contributed by atoms with Gasteiger partial charge in [-0.2, -0.15) is 0 Å². The number of anilines is 1. The smallest absolute Gasteiger partial charge is 0.191 e. The minimum absolute atomic E-state index is 0.0108. The summed E-state index contributed by atoms with van der Waals surface area (Å²) in [6.07, 6.45) is 1.65. The summed E-state index contributed by atoms with van der Waals surface area (Å²) in [6.45, 7) is 2.15. The van der Waals surface area contributed by atoms with Crippen LogP contribution in [0.1, 0.15) is 50.1 Å². The fraction of sp³-hybridized carbons (Fsp3) is 0.565. The van der Waals surface area contributed by atoms with Gasteiger partial charge in [0.1, 0.15) is 0 Å². The van der Waals surface area contributed by atoms with E-state index in [0.29, 0.717) is 35.0 Å². The van der Waals surface area contributed by atoms with Crippen molar-refractivity contribution in [1.82, 2.24) is 25.0 Å². The molecule has 2 aromatic heterocycles. The molecule has 2 fully saturated rings. The van der Waals surface area contributed by atoms with Crippen molar-refractivity contribution in [1.29, 1.82) is 0 Å². The molecule has 2 aliphatic rings. The van der Waals surface area contributed by atoms with Crippen LogP contribution in [-0.2, 0) is 4.74 Å². The first-order valence-corrected chi connectivity index (χ1v) is 12.8. The summed E-state index contributed by atoms with van der Waals surface area (Å²) in [7, 11) is 0. The molecule has 5 rings (SSSR count). The minimum Gasteiger partial charge on any atom is -0.394 e. The highest BCUT2D eigenvalue weighted by Gasteiger charge is 2.40. The second kappa shape index (κ2) is 10.3. The van der Waals surface area contributed by atoms with Crippen LogP contribution >= 0.6 is 11.8 Å². The topological polar surface area (TPSA) is 118 Å². The van der Waals surface area contributed by atoms with Crippen molar-refractivity contribution < 1.29 is 23.7 Å². The van der Waals surface area contributed by atoms with Gasteiger partial charge in [0.25, 0.3) is 0 Å². The fourth-order valence-corrected chi connectivity index (χ4v) is 5.28. The predicted octanol–water partition coefficient (Wildman–Crippen LogP) is 3.04. The second-order valence-electron chi connectivity index (χ2n) is 9.00. The van der Waals surface area contributed by atoms with E-state index in [9.17, 15) is 13.9 Å². The molecule has 3 unspecified atom stereocenters. The highest BCUT2D eigenvalue weighted by atomic mass is 32.2. The molecule has 2 aliphatic carbocycles. The third kappa shape index (κ3) is 5.11. The number of halogens is 2. The number of hydrogen-bond donors (Lipinski definition) is 3. The molecule has 0 amide bonds. The van der Waals surface area contributed by atoms with Crippen LogP contribution in [-0.4, -0.2) is 72.4 Å². The van der Waals surface area contributed by atoms with Gasteiger partial charge in [-0.05, 0) is 43.4 Å². The van der Waals surface area contributed by atoms with E-state index in [4.69, 9.17) is 14.8 Å². The maximum absolute atomic E-state index is 13.7. The standard InChI is InChI=1S/C23H28F2N6O3S/c1-2-7-35-23-27-21(26-17-11-14(17)12-3-4-15(24)16(25)8-12)20-22(28-23)31(30-29-20)13-9-18(33)19(10-13)34-6-5-32/h3-4,8,13-14,17-19,32-33H,2,5-7,9-11H2,1H3,(H,26,27,28)/t13?,14?,17-,18+,19?/m1/s1. The van der Waals surface area contributed by atoms with Crippen molar-refractivity contribution >= 4 is 28.7 Å². The zero-order valence-corrected chi connectivity index (χ0v) is 20.1. The van der Waals surface area contributed by atoms with Crippen molar-refractivity contribution in [3.8, 4) is 0 Å². The maximum atomic E-state index is 13.7. The Morgan fingerprint density at radius 1 is 1.20 bits per heavy atom. The summed E-state index contributed by atoms with van der Waals surface area (Å²) in [6, 6.07) is 3.87. The van der Waals surface area contributed by atoms with Crippen molar-refractivity contribution in [2.75, 3.05) is 24.3 Å². The summed E-state index contributed by atoms with van der Waals surface area (Å²) >= 11 is 1.54. The largest absolute Gasteiger partial charge is 0.394 e. The second-order valence-corrected chi connectivity index (χ2v) is 10.1. The van der Waals surface area contributed by atoms with E-state index >= 15 is 0 Å². The van der Waals surface area contributed by atoms with Gasteiger partial charge in [-0.15, -0.1) is 5.10 Å². The quantitative estimate of drug-likeness (QED) is 0.282. The van der Waals surface area contributed by atoms with Crippen LogP contribution in [0.4, 0.5) is 14.6 Å². The molecule has 35 heavy (non-hydrogen) atoms. The molecule has 12 heteroatoms. The third-order valence-corrected chi connectivity index (χ3v) is 7.49. The number of ether oxygens (including phenoxy) is 1. The first kappa shape index (κ1) is 24.3. The van der Waals surface area contributed by atoms with Gasteiger partial charge in [-0.1, -0.05) is 30.0 Å². The highest BCUT2D eigenvalue weighted by molar-refractivity contribution is 7.99. The summed E-state index contributed by atoms with van der Waals surface area (Å²) in [4.78, 5) is 9.39. The molecule has 1 aromatic carbocycles. The van der Waals surface area contributed by atoms with Gasteiger partial charge in [0.05, 0.1) is 31.5 Å². The van der Waals surface area contributed by atoms with Gasteiger partial charge >= 0.3 is 0 Å². The molecule has 0 bridgehead atoms. The van der Waals surface area contributed by atoms with E-state index in [1.165, 1.54) is 6.07 Å². The van der Waals surface area contributed by atoms with Crippen LogP contribution < -0.4 is 5.32 Å². The predicted molar refractivity (Wildman–Crippen MR) is 126 cm³/mol. The Morgan fingerprint density at radius 3 is 2.83 bits per heavy atom. The first-order chi connectivity index (χ1) is 17.0. The summed E-state index contributed by atoms with van der Waals surface area (Å²) in [5, 5.41) is 32.1. The number of benzene rings is 1. The lowest BCUT2D eigenvalue weighted by Gasteiger charge is -2.14. The fourth-order valence-electron chi connectivity index (χ4n) is 4.59. The van der Waals surface area contributed by atoms with Crippen LogP contribution in [0, 0.1) is 11.6 Å². The molecular formula is C23H28F2N6O3S. The molecule has 5 atom stereocenters. The van der Waals surface area contributed by atoms with Crippen LogP contribution in [0.3, 0.4) is 0 Å². The number of fused-ring (bicyclic) bond motifs is 1. The van der Waals surface area contributed by atoms with Gasteiger partial charge < -0.3 is 20.3 Å². The van der Waals surface area contributed by atoms with E-state index in [1.807, 2.05) is 0 Å². The van der Waals surface area contributed by atoms with Crippen molar-refractivity contribution in [3.05, 3.63) is 35.4 Å². The molecule has 188 valence electrons. The zero-order valence-electron chi connectivity index (χ0n) is 19.3. The molecule has 0 saturated heterocycles. The first-order valence-electron chi connectivity index (χ1n) is 11.9. The van der Waals surface area contributed by atoms with Crippen molar-refractivity contribution in [3.63, 3.8) is 0 Å². The SMILES string of the molecule is CCCSc1nc(N[C@@H]2CC2c2ccc(F)c(F)c2)c2nnn(C3CC(OCCO)[C@@H](O)C3)c2n1. The van der Waals surface area contributed by atoms with E-state index in [0.717, 1.165) is 30.2 Å². The molecule has 2 saturated carbocycles. The molecule has 2 heterocycles. The molecule has 0 aliphatic heterocycles. The monoisotopic (exact) mass is 506 g/mol. The van der Waals surface area contributed by atoms with E-state index in [2.05, 4.69) is 27.5 Å². The summed E-state index contributed by atoms with van der Waals surface area (Å²) < 4.78 is 34.3. The number of aliphatic hydroxyl groups is 2. The molecule has 3 aromatic rings. The number of thioether (sulfide) groups is 1. The van der Waals surface area contributed by atoms with Crippen molar-refractivity contribution in [2.24, 2.45) is 0 Å². The lowest BCUT2D eigenvalue weighted by molar-refractivity contribution is -0.0303. The Labute approximate surface area is 205 Å². The van der Waals surface area contributed by atoms with E-state index in [-0.39, 0.29) is 37.3 Å². The lowest BCUT2D eigenvalue weighted by atomic mass is 10.1. The van der Waals surface area contributed by atoms with Crippen LogP contribution in [0.15, 0.2) is 23.4 Å². The van der Waals surface area contributed by atoms with Crippen LogP contribution in [0.5, 0.6) is 0 Å². The highest BCUT2D eigenvalue weighted by Crippen LogP contribution is 2.44. The molecule has 9 nitrogen and oxygen atoms in total. The number of aliphatic hydroxyl groups excluding tert-OH is 2. The average molecular weight is 507 g/mol. The summed E-state index contributed by atoms with van der Waals surface area (Å²) in [5.41, 5.74) is 1.84. The Kier molecular flexibility index (Phi) is 7.14. The average Bonchev–Trinajstić information content (AvgIpc) is 3.31. The van der Waals surface area contributed by atoms with Gasteiger partial charge in [0, 0.05) is 17.7 Å². The van der Waals surface area contributed by atoms with Gasteiger partial charge in [-0.3, -0.25) is 0 Å². The maximum Gasteiger partial charge on any atom is 0.191 e. The van der Waals surface area contributed by atoms with Gasteiger partial charge in [-0.25, -0.2) is 23.4 Å². The normalized spacial score (nSPS) is 25.9. The molecule has 0 radical (unpaired) electrons. The van der Waals surface area contributed by atoms with Crippen molar-refractivity contribution in [2.45, 2.75) is 68.0 Å². The number of nitrogens with zero attached hydrogens (tertiary/aromatic N) is 5. The van der Waals surface area contributed by atoms with E-state index < -0.39 is 17.7 Å². The molecule has 3 N–H and O–H groups in total. The number of rotatable bonds is 10. The molecular weight excluding hydrogens is 478 g/mol. The van der Waals surface area contributed by atoms with Crippen LogP contribution in [0.25, 0.3) is 11.2 Å². The number of nitrogens with one attached hydrogen (secondary N) is 1. The Balaban J connectivity index is 1.40. The lowest BCUT2D eigenvalue weighted by Crippen LogP contribution is -2.23. The Morgan fingerprint density at radius 2 is 2.06 bits per heavy atom. The Hall–Kier alpha value is -2.41. The zero-order chi connectivity index (χ0) is 24.5. The number of hydrogen-bond acceptors (Lipinski definition) is 9. The minimum atomic E-state index is -0.855. The van der Waals surface area contributed by atoms with Gasteiger partial charge in [0.2, 0.25) is 0 Å². The van der Waals surface area contributed by atoms with E-state index in [1.54, 1.807) is 22.5 Å². The summed E-state index contributed by atoms with van der Waals surface area (Å²) in [5.74, 6) is -0.245. The van der Waals surface area contributed by atoms with Gasteiger partial charge in [0.15, 0.2) is 33.8 Å². The Bertz CT molecular complexity index is 1200.